The molecule has 0 saturated carbocycles. The number of carbonyl (C=O) groups excluding carboxylic acids is 2. The zero-order valence-corrected chi connectivity index (χ0v) is 19.0. The normalized spacial score (nSPS) is 10.5. The lowest BCUT2D eigenvalue weighted by atomic mass is 10.0. The maximum Gasteiger partial charge on any atom is 0.251 e. The molecule has 33 heavy (non-hydrogen) atoms. The summed E-state index contributed by atoms with van der Waals surface area (Å²) in [6, 6.07) is 21.5. The first-order valence-corrected chi connectivity index (χ1v) is 11.1. The number of nitrogens with one attached hydrogen (secondary N) is 1. The first-order chi connectivity index (χ1) is 16.1. The van der Waals surface area contributed by atoms with Gasteiger partial charge in [0.1, 0.15) is 16.5 Å². The van der Waals surface area contributed by atoms with Gasteiger partial charge in [-0.2, -0.15) is 0 Å². The highest BCUT2D eigenvalue weighted by atomic mass is 32.1. The van der Waals surface area contributed by atoms with Crippen LogP contribution in [0, 0.1) is 0 Å². The van der Waals surface area contributed by atoms with E-state index in [4.69, 9.17) is 9.47 Å². The number of aromatic nitrogens is 1. The third-order valence-corrected chi connectivity index (χ3v) is 5.93. The SMILES string of the molecule is COc1ccc(OC)c(C(=O)c2ccc(C(=O)NCc3nc(-c4ccccc4)cs3)cc2)c1. The fourth-order valence-electron chi connectivity index (χ4n) is 3.31. The lowest BCUT2D eigenvalue weighted by molar-refractivity contribution is 0.0949. The van der Waals surface area contributed by atoms with E-state index in [1.54, 1.807) is 42.5 Å². The number of hydrogen-bond donors (Lipinski definition) is 1. The van der Waals surface area contributed by atoms with Crippen molar-refractivity contribution in [3.05, 3.63) is 99.9 Å². The molecule has 4 rings (SSSR count). The van der Waals surface area contributed by atoms with E-state index < -0.39 is 0 Å². The average Bonchev–Trinajstić information content (AvgIpc) is 3.36. The monoisotopic (exact) mass is 458 g/mol. The second kappa shape index (κ2) is 10.1. The van der Waals surface area contributed by atoms with E-state index in [1.165, 1.54) is 25.6 Å². The second-order valence-corrected chi connectivity index (χ2v) is 8.09. The molecule has 6 nitrogen and oxygen atoms in total. The Morgan fingerprint density at radius 3 is 2.33 bits per heavy atom. The maximum atomic E-state index is 13.0. The molecule has 0 aliphatic carbocycles. The first-order valence-electron chi connectivity index (χ1n) is 10.2. The quantitative estimate of drug-likeness (QED) is 0.377. The van der Waals surface area contributed by atoms with Crippen LogP contribution in [0.15, 0.2) is 78.2 Å². The third kappa shape index (κ3) is 5.10. The Morgan fingerprint density at radius 2 is 1.64 bits per heavy atom. The molecule has 1 amide bonds. The first kappa shape index (κ1) is 22.2. The van der Waals surface area contributed by atoms with Gasteiger partial charge in [0, 0.05) is 22.1 Å². The minimum atomic E-state index is -0.232. The summed E-state index contributed by atoms with van der Waals surface area (Å²) < 4.78 is 10.5. The van der Waals surface area contributed by atoms with Crippen LogP contribution < -0.4 is 14.8 Å². The number of methoxy groups -OCH3 is 2. The fraction of sp³-hybridized carbons (Fsp3) is 0.115. The molecule has 0 unspecified atom stereocenters. The molecule has 3 aromatic carbocycles. The summed E-state index contributed by atoms with van der Waals surface area (Å²) in [5.41, 5.74) is 3.24. The van der Waals surface area contributed by atoms with Crippen molar-refractivity contribution in [3.8, 4) is 22.8 Å². The number of thiazole rings is 1. The molecule has 0 saturated heterocycles. The van der Waals surface area contributed by atoms with Gasteiger partial charge >= 0.3 is 0 Å². The standard InChI is InChI=1S/C26H22N2O4S/c1-31-20-12-13-23(32-2)21(14-20)25(29)18-8-10-19(11-9-18)26(30)27-15-24-28-22(16-33-24)17-6-4-3-5-7-17/h3-14,16H,15H2,1-2H3,(H,27,30). The van der Waals surface area contributed by atoms with Crippen molar-refractivity contribution in [2.45, 2.75) is 6.54 Å². The number of nitrogens with zero attached hydrogens (tertiary/aromatic N) is 1. The predicted molar refractivity (Wildman–Crippen MR) is 128 cm³/mol. The molecular formula is C26H22N2O4S. The van der Waals surface area contributed by atoms with Crippen molar-refractivity contribution in [2.24, 2.45) is 0 Å². The third-order valence-electron chi connectivity index (χ3n) is 5.08. The summed E-state index contributed by atoms with van der Waals surface area (Å²) in [7, 11) is 3.05. The summed E-state index contributed by atoms with van der Waals surface area (Å²) in [5, 5.41) is 5.68. The van der Waals surface area contributed by atoms with Crippen LogP contribution in [0.5, 0.6) is 11.5 Å². The van der Waals surface area contributed by atoms with Gasteiger partial charge in [0.05, 0.1) is 32.0 Å². The smallest absolute Gasteiger partial charge is 0.251 e. The average molecular weight is 459 g/mol. The van der Waals surface area contributed by atoms with Crippen molar-refractivity contribution in [3.63, 3.8) is 0 Å². The lowest BCUT2D eigenvalue weighted by Crippen LogP contribution is -2.22. The zero-order chi connectivity index (χ0) is 23.2. The molecular weight excluding hydrogens is 436 g/mol. The highest BCUT2D eigenvalue weighted by Gasteiger charge is 2.17. The molecule has 0 aliphatic rings. The van der Waals surface area contributed by atoms with Crippen LogP contribution in [-0.4, -0.2) is 30.9 Å². The molecule has 1 N–H and O–H groups in total. The summed E-state index contributed by atoms with van der Waals surface area (Å²) in [6.45, 7) is 0.331. The Labute approximate surface area is 195 Å². The van der Waals surface area contributed by atoms with Gasteiger partial charge in [-0.05, 0) is 30.3 Å². The van der Waals surface area contributed by atoms with Crippen molar-refractivity contribution < 1.29 is 19.1 Å². The minimum Gasteiger partial charge on any atom is -0.497 e. The molecule has 0 radical (unpaired) electrons. The number of benzene rings is 3. The van der Waals surface area contributed by atoms with Gasteiger partial charge in [0.25, 0.3) is 5.91 Å². The van der Waals surface area contributed by atoms with Crippen LogP contribution in [0.1, 0.15) is 31.3 Å². The van der Waals surface area contributed by atoms with Gasteiger partial charge in [-0.3, -0.25) is 9.59 Å². The van der Waals surface area contributed by atoms with Gasteiger partial charge < -0.3 is 14.8 Å². The van der Waals surface area contributed by atoms with E-state index in [9.17, 15) is 9.59 Å². The van der Waals surface area contributed by atoms with Gasteiger partial charge in [-0.15, -0.1) is 11.3 Å². The molecule has 0 spiro atoms. The molecule has 166 valence electrons. The predicted octanol–water partition coefficient (Wildman–Crippen LogP) is 4.99. The Morgan fingerprint density at radius 1 is 0.909 bits per heavy atom. The van der Waals surface area contributed by atoms with Gasteiger partial charge in [0.15, 0.2) is 5.78 Å². The largest absolute Gasteiger partial charge is 0.497 e. The van der Waals surface area contributed by atoms with Crippen LogP contribution >= 0.6 is 11.3 Å². The second-order valence-electron chi connectivity index (χ2n) is 7.15. The summed E-state index contributed by atoms with van der Waals surface area (Å²) in [5.74, 6) is 0.576. The van der Waals surface area contributed by atoms with Crippen LogP contribution in [0.25, 0.3) is 11.3 Å². The Bertz CT molecular complexity index is 1270. The zero-order valence-electron chi connectivity index (χ0n) is 18.2. The number of hydrogen-bond acceptors (Lipinski definition) is 6. The molecule has 0 aliphatic heterocycles. The molecule has 1 aromatic heterocycles. The van der Waals surface area contributed by atoms with Crippen molar-refractivity contribution in [2.75, 3.05) is 14.2 Å². The van der Waals surface area contributed by atoms with Gasteiger partial charge in [0.2, 0.25) is 0 Å². The number of carbonyl (C=O) groups is 2. The van der Waals surface area contributed by atoms with E-state index in [0.717, 1.165) is 16.3 Å². The van der Waals surface area contributed by atoms with E-state index in [-0.39, 0.29) is 11.7 Å². The number of ketones is 1. The lowest BCUT2D eigenvalue weighted by Gasteiger charge is -2.10. The topological polar surface area (TPSA) is 77.5 Å². The highest BCUT2D eigenvalue weighted by Crippen LogP contribution is 2.26. The Balaban J connectivity index is 1.42. The van der Waals surface area contributed by atoms with E-state index >= 15 is 0 Å². The molecule has 7 heteroatoms. The Kier molecular flexibility index (Phi) is 6.80. The van der Waals surface area contributed by atoms with Crippen LogP contribution in [-0.2, 0) is 6.54 Å². The van der Waals surface area contributed by atoms with Crippen LogP contribution in [0.3, 0.4) is 0 Å². The summed E-state index contributed by atoms with van der Waals surface area (Å²) >= 11 is 1.50. The van der Waals surface area contributed by atoms with Crippen molar-refractivity contribution in [1.82, 2.24) is 10.3 Å². The Hall–Kier alpha value is -3.97. The van der Waals surface area contributed by atoms with E-state index in [0.29, 0.717) is 34.7 Å². The number of ether oxygens (including phenoxy) is 2. The van der Waals surface area contributed by atoms with E-state index in [2.05, 4.69) is 10.3 Å². The molecule has 4 aromatic rings. The van der Waals surface area contributed by atoms with E-state index in [1.807, 2.05) is 35.7 Å². The number of amides is 1. The highest BCUT2D eigenvalue weighted by molar-refractivity contribution is 7.09. The molecule has 0 atom stereocenters. The van der Waals surface area contributed by atoms with Crippen LogP contribution in [0.4, 0.5) is 0 Å². The van der Waals surface area contributed by atoms with Crippen LogP contribution in [0.2, 0.25) is 0 Å². The van der Waals surface area contributed by atoms with Gasteiger partial charge in [-0.1, -0.05) is 42.5 Å². The number of rotatable bonds is 8. The van der Waals surface area contributed by atoms with Gasteiger partial charge in [-0.25, -0.2) is 4.98 Å². The fourth-order valence-corrected chi connectivity index (χ4v) is 4.05. The van der Waals surface area contributed by atoms with Crippen molar-refractivity contribution in [1.29, 1.82) is 0 Å². The maximum absolute atomic E-state index is 13.0. The molecule has 0 fully saturated rings. The van der Waals surface area contributed by atoms with Crippen molar-refractivity contribution >= 4 is 23.0 Å². The summed E-state index contributed by atoms with van der Waals surface area (Å²) in [6.07, 6.45) is 0. The summed E-state index contributed by atoms with van der Waals surface area (Å²) in [4.78, 5) is 30.1. The minimum absolute atomic E-state index is 0.214. The molecule has 0 bridgehead atoms. The molecule has 1 heterocycles.